The zero-order valence-corrected chi connectivity index (χ0v) is 18.3. The van der Waals surface area contributed by atoms with Crippen LogP contribution in [0.1, 0.15) is 27.6 Å². The Kier molecular flexibility index (Phi) is 6.60. The van der Waals surface area contributed by atoms with Crippen molar-refractivity contribution in [2.24, 2.45) is 0 Å². The molecule has 11 heteroatoms. The third-order valence-electron chi connectivity index (χ3n) is 4.78. The van der Waals surface area contributed by atoms with Gasteiger partial charge in [0.2, 0.25) is 11.6 Å². The number of amides is 1. The Labute approximate surface area is 195 Å². The van der Waals surface area contributed by atoms with Crippen molar-refractivity contribution in [3.63, 3.8) is 0 Å². The summed E-state index contributed by atoms with van der Waals surface area (Å²) in [6.07, 6.45) is 0. The van der Waals surface area contributed by atoms with Crippen LogP contribution in [0.4, 0.5) is 23.4 Å². The summed E-state index contributed by atoms with van der Waals surface area (Å²) in [5, 5.41) is 7.55. The van der Waals surface area contributed by atoms with Gasteiger partial charge >= 0.3 is 0 Å². The molecule has 4 aromatic rings. The second kappa shape index (κ2) is 9.60. The zero-order chi connectivity index (χ0) is 24.4. The minimum atomic E-state index is -1.67. The molecule has 2 aromatic carbocycles. The predicted molar refractivity (Wildman–Crippen MR) is 115 cm³/mol. The number of benzene rings is 2. The van der Waals surface area contributed by atoms with Crippen molar-refractivity contribution >= 4 is 23.3 Å². The highest BCUT2D eigenvalue weighted by atomic mass is 35.5. The highest BCUT2D eigenvalue weighted by Gasteiger charge is 2.21. The van der Waals surface area contributed by atoms with E-state index in [4.69, 9.17) is 20.8 Å². The van der Waals surface area contributed by atoms with Crippen molar-refractivity contribution in [2.45, 2.75) is 20.1 Å². The molecule has 0 radical (unpaired) electrons. The number of aromatic nitrogens is 2. The minimum Gasteiger partial charge on any atom is -0.479 e. The molecule has 34 heavy (non-hydrogen) atoms. The Morgan fingerprint density at radius 1 is 1.06 bits per heavy atom. The van der Waals surface area contributed by atoms with Gasteiger partial charge in [0.1, 0.15) is 12.4 Å². The van der Waals surface area contributed by atoms with Crippen LogP contribution in [0.3, 0.4) is 0 Å². The fraction of sp³-hybridized carbons (Fsp3) is 0.130. The van der Waals surface area contributed by atoms with Gasteiger partial charge in [-0.25, -0.2) is 8.78 Å². The van der Waals surface area contributed by atoms with Crippen LogP contribution in [0.5, 0.6) is 5.75 Å². The lowest BCUT2D eigenvalue weighted by Gasteiger charge is -2.08. The first-order chi connectivity index (χ1) is 16.2. The minimum absolute atomic E-state index is 0.00179. The standard InChI is InChI=1S/C23H16ClF4N3O3/c1-12-8-19(30-31(12)10-13-2-4-14(24)5-3-13)29-23(32)18-7-6-15(34-18)11-33-22-20(27)16(25)9-17(26)21(22)28/h2-9H,10-11H2,1H3,(H,29,30,32). The number of aryl methyl sites for hydroxylation is 1. The summed E-state index contributed by atoms with van der Waals surface area (Å²) in [6, 6.07) is 11.6. The molecule has 4 rings (SSSR count). The molecular formula is C23H16ClF4N3O3. The van der Waals surface area contributed by atoms with E-state index in [1.165, 1.54) is 12.1 Å². The first kappa shape index (κ1) is 23.4. The van der Waals surface area contributed by atoms with E-state index in [0.29, 0.717) is 11.6 Å². The van der Waals surface area contributed by atoms with Gasteiger partial charge in [-0.3, -0.25) is 9.48 Å². The summed E-state index contributed by atoms with van der Waals surface area (Å²) >= 11 is 5.89. The quantitative estimate of drug-likeness (QED) is 0.258. The molecule has 0 unspecified atom stereocenters. The van der Waals surface area contributed by atoms with Crippen molar-refractivity contribution in [2.75, 3.05) is 5.32 Å². The Balaban J connectivity index is 1.40. The van der Waals surface area contributed by atoms with Crippen LogP contribution in [0.15, 0.2) is 52.9 Å². The van der Waals surface area contributed by atoms with Gasteiger partial charge in [-0.15, -0.1) is 0 Å². The molecule has 6 nitrogen and oxygen atoms in total. The molecule has 0 bridgehead atoms. The van der Waals surface area contributed by atoms with Crippen LogP contribution in [0.2, 0.25) is 5.02 Å². The maximum Gasteiger partial charge on any atom is 0.292 e. The number of anilines is 1. The van der Waals surface area contributed by atoms with Crippen LogP contribution in [0, 0.1) is 30.2 Å². The third-order valence-corrected chi connectivity index (χ3v) is 5.04. The number of nitrogens with zero attached hydrogens (tertiary/aromatic N) is 2. The van der Waals surface area contributed by atoms with Crippen molar-refractivity contribution < 1.29 is 31.5 Å². The van der Waals surface area contributed by atoms with Gasteiger partial charge in [0.05, 0.1) is 6.54 Å². The number of rotatable bonds is 7. The van der Waals surface area contributed by atoms with Gasteiger partial charge in [0.25, 0.3) is 5.91 Å². The maximum atomic E-state index is 13.7. The first-order valence-electron chi connectivity index (χ1n) is 9.86. The number of furan rings is 1. The highest BCUT2D eigenvalue weighted by molar-refractivity contribution is 6.30. The Bertz CT molecular complexity index is 1330. The Hall–Kier alpha value is -3.79. The van der Waals surface area contributed by atoms with E-state index in [9.17, 15) is 22.4 Å². The van der Waals surface area contributed by atoms with Gasteiger partial charge in [-0.05, 0) is 36.8 Å². The molecule has 0 aliphatic rings. The number of hydrogen-bond acceptors (Lipinski definition) is 4. The zero-order valence-electron chi connectivity index (χ0n) is 17.5. The van der Waals surface area contributed by atoms with E-state index in [0.717, 1.165) is 11.3 Å². The van der Waals surface area contributed by atoms with Gasteiger partial charge in [-0.2, -0.15) is 13.9 Å². The van der Waals surface area contributed by atoms with Crippen LogP contribution in [0.25, 0.3) is 0 Å². The summed E-state index contributed by atoms with van der Waals surface area (Å²) in [4.78, 5) is 12.5. The number of hydrogen-bond donors (Lipinski definition) is 1. The maximum absolute atomic E-state index is 13.7. The Morgan fingerprint density at radius 3 is 2.41 bits per heavy atom. The van der Waals surface area contributed by atoms with E-state index in [-0.39, 0.29) is 23.4 Å². The van der Waals surface area contributed by atoms with Crippen LogP contribution in [-0.2, 0) is 13.2 Å². The second-order valence-electron chi connectivity index (χ2n) is 7.26. The van der Waals surface area contributed by atoms with E-state index in [1.54, 1.807) is 22.9 Å². The van der Waals surface area contributed by atoms with E-state index in [2.05, 4.69) is 10.4 Å². The molecule has 1 N–H and O–H groups in total. The number of ether oxygens (including phenoxy) is 1. The summed E-state index contributed by atoms with van der Waals surface area (Å²) in [5.41, 5.74) is 1.76. The lowest BCUT2D eigenvalue weighted by Crippen LogP contribution is -2.12. The average Bonchev–Trinajstić information content (AvgIpc) is 3.40. The topological polar surface area (TPSA) is 69.3 Å². The fourth-order valence-electron chi connectivity index (χ4n) is 3.07. The van der Waals surface area contributed by atoms with Gasteiger partial charge < -0.3 is 14.5 Å². The molecule has 0 aliphatic heterocycles. The van der Waals surface area contributed by atoms with Crippen LogP contribution in [-0.4, -0.2) is 15.7 Å². The van der Waals surface area contributed by atoms with Crippen molar-refractivity contribution in [3.8, 4) is 5.75 Å². The van der Waals surface area contributed by atoms with Gasteiger partial charge in [0.15, 0.2) is 29.0 Å². The highest BCUT2D eigenvalue weighted by Crippen LogP contribution is 2.27. The van der Waals surface area contributed by atoms with Gasteiger partial charge in [0, 0.05) is 22.8 Å². The normalized spacial score (nSPS) is 11.0. The largest absolute Gasteiger partial charge is 0.479 e. The van der Waals surface area contributed by atoms with E-state index < -0.39 is 41.5 Å². The van der Waals surface area contributed by atoms with E-state index in [1.807, 2.05) is 19.1 Å². The molecule has 0 saturated carbocycles. The SMILES string of the molecule is Cc1cc(NC(=O)c2ccc(COc3c(F)c(F)cc(F)c3F)o2)nn1Cc1ccc(Cl)cc1. The van der Waals surface area contributed by atoms with Crippen molar-refractivity contribution in [1.82, 2.24) is 9.78 Å². The third kappa shape index (κ3) is 5.07. The molecule has 0 aliphatic carbocycles. The smallest absolute Gasteiger partial charge is 0.292 e. The summed E-state index contributed by atoms with van der Waals surface area (Å²) in [6.45, 7) is 1.72. The number of carbonyl (C=O) groups excluding carboxylic acids is 1. The van der Waals surface area contributed by atoms with Gasteiger partial charge in [-0.1, -0.05) is 23.7 Å². The molecule has 2 heterocycles. The summed E-state index contributed by atoms with van der Waals surface area (Å²) in [7, 11) is 0. The number of halogens is 5. The van der Waals surface area contributed by atoms with Crippen LogP contribution >= 0.6 is 11.6 Å². The number of carbonyl (C=O) groups is 1. The second-order valence-corrected chi connectivity index (χ2v) is 7.70. The monoisotopic (exact) mass is 493 g/mol. The molecule has 1 amide bonds. The fourth-order valence-corrected chi connectivity index (χ4v) is 3.20. The summed E-state index contributed by atoms with van der Waals surface area (Å²) in [5.74, 6) is -8.24. The van der Waals surface area contributed by atoms with Crippen molar-refractivity contribution in [1.29, 1.82) is 0 Å². The first-order valence-corrected chi connectivity index (χ1v) is 10.2. The molecule has 0 spiro atoms. The van der Waals surface area contributed by atoms with Crippen LogP contribution < -0.4 is 10.1 Å². The average molecular weight is 494 g/mol. The molecule has 2 aromatic heterocycles. The summed E-state index contributed by atoms with van der Waals surface area (Å²) < 4.78 is 65.8. The van der Waals surface area contributed by atoms with Crippen molar-refractivity contribution in [3.05, 3.63) is 99.6 Å². The molecular weight excluding hydrogens is 478 g/mol. The van der Waals surface area contributed by atoms with E-state index >= 15 is 0 Å². The molecule has 0 saturated heterocycles. The molecule has 176 valence electrons. The lowest BCUT2D eigenvalue weighted by molar-refractivity contribution is 0.0991. The molecule has 0 fully saturated rings. The Morgan fingerprint density at radius 2 is 1.74 bits per heavy atom. The lowest BCUT2D eigenvalue weighted by atomic mass is 10.2. The predicted octanol–water partition coefficient (Wildman–Crippen LogP) is 5.87. The number of nitrogens with one attached hydrogen (secondary N) is 1. The molecule has 0 atom stereocenters.